The van der Waals surface area contributed by atoms with Crippen molar-refractivity contribution < 1.29 is 0 Å². The first-order valence-corrected chi connectivity index (χ1v) is 11.1. The molecule has 4 nitrogen and oxygen atoms in total. The summed E-state index contributed by atoms with van der Waals surface area (Å²) in [6.45, 7) is 16.0. The summed E-state index contributed by atoms with van der Waals surface area (Å²) in [5.41, 5.74) is 7.72. The zero-order valence-electron chi connectivity index (χ0n) is 19.4. The van der Waals surface area contributed by atoms with E-state index in [-0.39, 0.29) is 11.8 Å². The van der Waals surface area contributed by atoms with Crippen molar-refractivity contribution in [2.75, 3.05) is 0 Å². The molecule has 0 amide bonds. The number of hydrogen-bond acceptors (Lipinski definition) is 2. The van der Waals surface area contributed by atoms with E-state index < -0.39 is 0 Å². The third-order valence-electron chi connectivity index (χ3n) is 5.84. The summed E-state index contributed by atoms with van der Waals surface area (Å²) in [4.78, 5) is 8.16. The Morgan fingerprint density at radius 3 is 1.97 bits per heavy atom. The van der Waals surface area contributed by atoms with Crippen LogP contribution in [0.4, 0.5) is 5.69 Å². The summed E-state index contributed by atoms with van der Waals surface area (Å²) in [6.07, 6.45) is 1.85. The van der Waals surface area contributed by atoms with Crippen molar-refractivity contribution in [2.45, 2.75) is 39.5 Å². The quantitative estimate of drug-likeness (QED) is 0.302. The maximum absolute atomic E-state index is 9.61. The van der Waals surface area contributed by atoms with Gasteiger partial charge in [0.05, 0.1) is 12.3 Å². The largest absolute Gasteiger partial charge is 0.298 e. The van der Waals surface area contributed by atoms with Gasteiger partial charge in [0, 0.05) is 11.8 Å². The molecule has 0 aliphatic rings. The maximum atomic E-state index is 9.61. The molecule has 0 fully saturated rings. The van der Waals surface area contributed by atoms with Crippen molar-refractivity contribution in [1.29, 1.82) is 5.26 Å². The molecule has 4 aromatic rings. The third-order valence-corrected chi connectivity index (χ3v) is 5.84. The second kappa shape index (κ2) is 9.15. The number of rotatable bonds is 5. The molecule has 0 aliphatic heterocycles. The molecule has 0 saturated heterocycles. The zero-order valence-corrected chi connectivity index (χ0v) is 19.4. The Bertz CT molecular complexity index is 1330. The average molecular weight is 431 g/mol. The monoisotopic (exact) mass is 430 g/mol. The van der Waals surface area contributed by atoms with Crippen LogP contribution in [-0.2, 0) is 0 Å². The number of imidazole rings is 1. The highest BCUT2D eigenvalue weighted by Crippen LogP contribution is 2.38. The first kappa shape index (κ1) is 22.1. The summed E-state index contributed by atoms with van der Waals surface area (Å²) < 4.78 is 2.09. The molecule has 0 radical (unpaired) electrons. The third kappa shape index (κ3) is 4.29. The lowest BCUT2D eigenvalue weighted by Gasteiger charge is -2.23. The van der Waals surface area contributed by atoms with Crippen LogP contribution in [0.5, 0.6) is 0 Å². The second-order valence-electron chi connectivity index (χ2n) is 8.77. The van der Waals surface area contributed by atoms with Crippen LogP contribution in [0.3, 0.4) is 0 Å². The van der Waals surface area contributed by atoms with E-state index in [4.69, 9.17) is 6.57 Å². The van der Waals surface area contributed by atoms with Gasteiger partial charge < -0.3 is 0 Å². The van der Waals surface area contributed by atoms with Crippen molar-refractivity contribution in [2.24, 2.45) is 0 Å². The predicted octanol–water partition coefficient (Wildman–Crippen LogP) is 7.88. The number of aromatic nitrogens is 2. The van der Waals surface area contributed by atoms with E-state index in [1.54, 1.807) is 0 Å². The highest BCUT2D eigenvalue weighted by Gasteiger charge is 2.22. The topological polar surface area (TPSA) is 46.0 Å². The Morgan fingerprint density at radius 2 is 1.45 bits per heavy atom. The first-order chi connectivity index (χ1) is 15.9. The van der Waals surface area contributed by atoms with E-state index in [0.717, 1.165) is 28.2 Å². The molecule has 0 bridgehead atoms. The van der Waals surface area contributed by atoms with E-state index in [2.05, 4.69) is 60.3 Å². The molecule has 4 rings (SSSR count). The van der Waals surface area contributed by atoms with Gasteiger partial charge in [-0.2, -0.15) is 5.26 Å². The number of nitrogens with zero attached hydrogens (tertiary/aromatic N) is 4. The Balaban J connectivity index is 2.01. The van der Waals surface area contributed by atoms with Gasteiger partial charge in [-0.1, -0.05) is 82.3 Å². The van der Waals surface area contributed by atoms with Gasteiger partial charge in [-0.3, -0.25) is 4.57 Å². The van der Waals surface area contributed by atoms with Crippen molar-refractivity contribution in [3.63, 3.8) is 0 Å². The Kier molecular flexibility index (Phi) is 6.11. The predicted molar refractivity (Wildman–Crippen MR) is 134 cm³/mol. The second-order valence-corrected chi connectivity index (χ2v) is 8.77. The van der Waals surface area contributed by atoms with Gasteiger partial charge in [-0.05, 0) is 46.2 Å². The van der Waals surface area contributed by atoms with Gasteiger partial charge in [0.1, 0.15) is 11.9 Å². The molecular formula is C29H26N4. The lowest BCUT2D eigenvalue weighted by atomic mass is 9.88. The van der Waals surface area contributed by atoms with Crippen LogP contribution in [-0.4, -0.2) is 9.55 Å². The molecule has 1 heterocycles. The minimum atomic E-state index is 0.261. The van der Waals surface area contributed by atoms with Gasteiger partial charge in [0.15, 0.2) is 11.4 Å². The molecule has 0 saturated carbocycles. The Hall–Kier alpha value is -4.15. The van der Waals surface area contributed by atoms with E-state index >= 15 is 0 Å². The van der Waals surface area contributed by atoms with Crippen LogP contribution in [0.25, 0.3) is 33.0 Å². The van der Waals surface area contributed by atoms with Gasteiger partial charge in [0.25, 0.3) is 0 Å². The fourth-order valence-electron chi connectivity index (χ4n) is 4.13. The van der Waals surface area contributed by atoms with E-state index in [9.17, 15) is 5.26 Å². The minimum Gasteiger partial charge on any atom is -0.298 e. The Morgan fingerprint density at radius 1 is 0.848 bits per heavy atom. The molecule has 3 aromatic carbocycles. The van der Waals surface area contributed by atoms with Gasteiger partial charge in [0.2, 0.25) is 0 Å². The van der Waals surface area contributed by atoms with E-state index in [0.29, 0.717) is 11.4 Å². The lowest BCUT2D eigenvalue weighted by Crippen LogP contribution is -2.08. The van der Waals surface area contributed by atoms with Crippen LogP contribution in [0.15, 0.2) is 72.9 Å². The summed E-state index contributed by atoms with van der Waals surface area (Å²) >= 11 is 0. The smallest absolute Gasteiger partial charge is 0.187 e. The molecule has 0 unspecified atom stereocenters. The summed E-state index contributed by atoms with van der Waals surface area (Å²) in [7, 11) is 0. The van der Waals surface area contributed by atoms with E-state index in [1.807, 2.05) is 60.8 Å². The van der Waals surface area contributed by atoms with Crippen LogP contribution in [0, 0.1) is 17.9 Å². The van der Waals surface area contributed by atoms with Gasteiger partial charge in [-0.15, -0.1) is 0 Å². The van der Waals surface area contributed by atoms with Gasteiger partial charge in [-0.25, -0.2) is 9.83 Å². The SMILES string of the molecule is [C-]#[N+]c1ccc(-c2cc(C(C)C)c(-n3cc(C#N)nc3-c3ccccc3)c(C(C)C)c2)cc1. The molecular weight excluding hydrogens is 404 g/mol. The maximum Gasteiger partial charge on any atom is 0.187 e. The van der Waals surface area contributed by atoms with Crippen LogP contribution in [0.1, 0.15) is 56.4 Å². The summed E-state index contributed by atoms with van der Waals surface area (Å²) in [6, 6.07) is 24.4. The van der Waals surface area contributed by atoms with Crippen LogP contribution >= 0.6 is 0 Å². The highest BCUT2D eigenvalue weighted by atomic mass is 15.1. The van der Waals surface area contributed by atoms with E-state index in [1.165, 1.54) is 11.1 Å². The van der Waals surface area contributed by atoms with Crippen LogP contribution < -0.4 is 0 Å². The molecule has 1 aromatic heterocycles. The van der Waals surface area contributed by atoms with Crippen molar-refractivity contribution in [3.8, 4) is 34.3 Å². The van der Waals surface area contributed by atoms with Crippen molar-refractivity contribution >= 4 is 5.69 Å². The molecule has 33 heavy (non-hydrogen) atoms. The fraction of sp³-hybridized carbons (Fsp3) is 0.207. The minimum absolute atomic E-state index is 0.261. The summed E-state index contributed by atoms with van der Waals surface area (Å²) in [5, 5.41) is 9.61. The molecule has 0 spiro atoms. The lowest BCUT2D eigenvalue weighted by molar-refractivity contribution is 0.807. The van der Waals surface area contributed by atoms with Gasteiger partial charge >= 0.3 is 0 Å². The number of nitriles is 1. The zero-order chi connectivity index (χ0) is 23.5. The first-order valence-electron chi connectivity index (χ1n) is 11.1. The molecule has 0 N–H and O–H groups in total. The number of benzene rings is 3. The normalized spacial score (nSPS) is 10.9. The summed E-state index contributed by atoms with van der Waals surface area (Å²) in [5.74, 6) is 1.29. The fourth-order valence-corrected chi connectivity index (χ4v) is 4.13. The van der Waals surface area contributed by atoms with Crippen molar-refractivity contribution in [3.05, 3.63) is 101 Å². The highest BCUT2D eigenvalue weighted by molar-refractivity contribution is 5.73. The Labute approximate surface area is 195 Å². The standard InChI is InChI=1S/C29H26N4/c1-19(2)26-15-23(21-11-13-24(31-5)14-12-21)16-27(20(3)4)28(26)33-18-25(17-30)32-29(33)22-9-7-6-8-10-22/h6-16,18-20H,1-4H3. The molecule has 162 valence electrons. The number of hydrogen-bond donors (Lipinski definition) is 0. The molecule has 0 atom stereocenters. The molecule has 0 aliphatic carbocycles. The van der Waals surface area contributed by atoms with Crippen molar-refractivity contribution in [1.82, 2.24) is 9.55 Å². The average Bonchev–Trinajstić information content (AvgIpc) is 3.28. The molecule has 4 heteroatoms. The van der Waals surface area contributed by atoms with Crippen LogP contribution in [0.2, 0.25) is 0 Å².